The largest absolute Gasteiger partial charge is 0.241 e. The van der Waals surface area contributed by atoms with Gasteiger partial charge in [0.25, 0.3) is 0 Å². The number of benzene rings is 4. The van der Waals surface area contributed by atoms with Crippen molar-refractivity contribution in [1.29, 1.82) is 0 Å². The molecule has 0 saturated heterocycles. The second-order valence-corrected chi connectivity index (χ2v) is 7.62. The van der Waals surface area contributed by atoms with Gasteiger partial charge in [0.1, 0.15) is 0 Å². The van der Waals surface area contributed by atoms with Gasteiger partial charge in [-0.2, -0.15) is 0 Å². The third kappa shape index (κ3) is 3.80. The maximum absolute atomic E-state index is 2.38. The molecule has 4 rings (SSSR count). The van der Waals surface area contributed by atoms with Gasteiger partial charge < -0.3 is 0 Å². The summed E-state index contributed by atoms with van der Waals surface area (Å²) >= 11 is 0. The van der Waals surface area contributed by atoms with E-state index in [0.717, 1.165) is 0 Å². The lowest BCUT2D eigenvalue weighted by molar-refractivity contribution is 0.867. The van der Waals surface area contributed by atoms with Crippen LogP contribution in [0.2, 0.25) is 0 Å². The molecule has 0 aromatic heterocycles. The maximum atomic E-state index is 2.38. The van der Waals surface area contributed by atoms with E-state index in [2.05, 4.69) is 123 Å². The van der Waals surface area contributed by atoms with Crippen LogP contribution in [-0.2, 0) is 0 Å². The van der Waals surface area contributed by atoms with Gasteiger partial charge in [0.15, 0.2) is 0 Å². The summed E-state index contributed by atoms with van der Waals surface area (Å²) in [6, 6.07) is 39.5. The quantitative estimate of drug-likeness (QED) is 0.440. The predicted molar refractivity (Wildman–Crippen MR) is 124 cm³/mol. The third-order valence-electron chi connectivity index (χ3n) is 5.41. The van der Waals surface area contributed by atoms with Crippen LogP contribution >= 0.6 is 0 Å². The Morgan fingerprint density at radius 3 is 1.57 bits per heavy atom. The van der Waals surface area contributed by atoms with E-state index in [9.17, 15) is 0 Å². The van der Waals surface area contributed by atoms with E-state index >= 15 is 0 Å². The molecule has 4 aromatic carbocycles. The zero-order valence-corrected chi connectivity index (χ0v) is 16.5. The molecule has 0 unspecified atom stereocenters. The van der Waals surface area contributed by atoms with Crippen LogP contribution in [0.15, 0.2) is 109 Å². The Labute approximate surface area is 169 Å². The monoisotopic (exact) mass is 360 g/mol. The zero-order chi connectivity index (χ0) is 19.3. The van der Waals surface area contributed by atoms with E-state index in [1.807, 2.05) is 0 Å². The van der Waals surface area contributed by atoms with Crippen molar-refractivity contribution < 1.29 is 0 Å². The maximum Gasteiger partial charge on any atom is 0.241 e. The van der Waals surface area contributed by atoms with Crippen molar-refractivity contribution in [2.75, 3.05) is 0 Å². The molecule has 136 valence electrons. The first-order valence-electron chi connectivity index (χ1n) is 10.0. The Morgan fingerprint density at radius 2 is 1.07 bits per heavy atom. The minimum Gasteiger partial charge on any atom is -0.0686 e. The standard InChI is InChI=1S/C27H25B/c1-21(2)23-18-19-27(26(20-23)22-12-6-3-7-13-22)28(24-14-8-4-9-15-24)25-16-10-5-11-17-25/h3-21H,1-2H3. The Bertz CT molecular complexity index is 982. The average molecular weight is 360 g/mol. The summed E-state index contributed by atoms with van der Waals surface area (Å²) in [6.45, 7) is 4.73. The summed E-state index contributed by atoms with van der Waals surface area (Å²) in [5.74, 6) is 0.503. The lowest BCUT2D eigenvalue weighted by Crippen LogP contribution is -2.52. The molecule has 0 heterocycles. The first-order chi connectivity index (χ1) is 13.7. The SMILES string of the molecule is CC(C)c1ccc(B(c2ccccc2)c2ccccc2)c(-c2ccccc2)c1. The van der Waals surface area contributed by atoms with Crippen LogP contribution in [0.3, 0.4) is 0 Å². The fourth-order valence-electron chi connectivity index (χ4n) is 3.89. The van der Waals surface area contributed by atoms with Gasteiger partial charge in [0, 0.05) is 0 Å². The van der Waals surface area contributed by atoms with Crippen molar-refractivity contribution >= 4 is 23.1 Å². The van der Waals surface area contributed by atoms with Gasteiger partial charge in [0.05, 0.1) is 0 Å². The number of hydrogen-bond donors (Lipinski definition) is 0. The molecule has 4 aromatic rings. The molecule has 0 N–H and O–H groups in total. The van der Waals surface area contributed by atoms with Crippen LogP contribution in [0.1, 0.15) is 25.3 Å². The van der Waals surface area contributed by atoms with Gasteiger partial charge >= 0.3 is 0 Å². The lowest BCUT2D eigenvalue weighted by atomic mass is 9.36. The van der Waals surface area contributed by atoms with Crippen molar-refractivity contribution in [2.45, 2.75) is 19.8 Å². The van der Waals surface area contributed by atoms with E-state index in [4.69, 9.17) is 0 Å². The highest BCUT2D eigenvalue weighted by atomic mass is 14.1. The number of rotatable bonds is 5. The van der Waals surface area contributed by atoms with Gasteiger partial charge in [-0.05, 0) is 22.6 Å². The summed E-state index contributed by atoms with van der Waals surface area (Å²) in [4.78, 5) is 0. The third-order valence-corrected chi connectivity index (χ3v) is 5.41. The minimum absolute atomic E-state index is 0.207. The molecule has 1 heteroatoms. The topological polar surface area (TPSA) is 0 Å². The minimum atomic E-state index is 0.207. The molecule has 0 bridgehead atoms. The highest BCUT2D eigenvalue weighted by molar-refractivity contribution is 6.96. The molecule has 0 fully saturated rings. The molecule has 0 atom stereocenters. The molecule has 0 nitrogen and oxygen atoms in total. The zero-order valence-electron chi connectivity index (χ0n) is 16.5. The molecular formula is C27H25B. The highest BCUT2D eigenvalue weighted by Crippen LogP contribution is 2.23. The van der Waals surface area contributed by atoms with Crippen molar-refractivity contribution in [3.8, 4) is 11.1 Å². The van der Waals surface area contributed by atoms with Crippen molar-refractivity contribution in [3.05, 3.63) is 115 Å². The summed E-state index contributed by atoms with van der Waals surface area (Å²) in [7, 11) is 0. The van der Waals surface area contributed by atoms with Gasteiger partial charge in [0.2, 0.25) is 6.71 Å². The van der Waals surface area contributed by atoms with Crippen LogP contribution in [0, 0.1) is 0 Å². The molecule has 0 aliphatic heterocycles. The second kappa shape index (κ2) is 8.31. The molecular weight excluding hydrogens is 335 g/mol. The molecule has 0 aliphatic rings. The normalized spacial score (nSPS) is 10.8. The average Bonchev–Trinajstić information content (AvgIpc) is 2.76. The Hall–Kier alpha value is -3.06. The van der Waals surface area contributed by atoms with E-state index in [1.54, 1.807) is 0 Å². The molecule has 0 spiro atoms. The summed E-state index contributed by atoms with van der Waals surface area (Å²) in [5.41, 5.74) is 7.98. The van der Waals surface area contributed by atoms with Gasteiger partial charge in [-0.1, -0.05) is 139 Å². The van der Waals surface area contributed by atoms with E-state index in [1.165, 1.54) is 33.1 Å². The summed E-state index contributed by atoms with van der Waals surface area (Å²) in [5, 5.41) is 0. The Kier molecular flexibility index (Phi) is 5.44. The van der Waals surface area contributed by atoms with Gasteiger partial charge in [-0.25, -0.2) is 0 Å². The molecule has 0 aliphatic carbocycles. The van der Waals surface area contributed by atoms with E-state index in [-0.39, 0.29) is 6.71 Å². The number of hydrogen-bond acceptors (Lipinski definition) is 0. The first-order valence-corrected chi connectivity index (χ1v) is 10.0. The van der Waals surface area contributed by atoms with Crippen LogP contribution in [0.4, 0.5) is 0 Å². The van der Waals surface area contributed by atoms with E-state index in [0.29, 0.717) is 5.92 Å². The summed E-state index contributed by atoms with van der Waals surface area (Å²) < 4.78 is 0. The molecule has 0 amide bonds. The molecule has 28 heavy (non-hydrogen) atoms. The van der Waals surface area contributed by atoms with Crippen molar-refractivity contribution in [3.63, 3.8) is 0 Å². The van der Waals surface area contributed by atoms with Gasteiger partial charge in [-0.3, -0.25) is 0 Å². The van der Waals surface area contributed by atoms with Crippen LogP contribution in [-0.4, -0.2) is 6.71 Å². The Balaban J connectivity index is 1.96. The first kappa shape index (κ1) is 18.3. The fraction of sp³-hybridized carbons (Fsp3) is 0.111. The van der Waals surface area contributed by atoms with E-state index < -0.39 is 0 Å². The lowest BCUT2D eigenvalue weighted by Gasteiger charge is -2.21. The summed E-state index contributed by atoms with van der Waals surface area (Å²) in [6.07, 6.45) is 0. The molecule has 0 saturated carbocycles. The second-order valence-electron chi connectivity index (χ2n) is 7.62. The highest BCUT2D eigenvalue weighted by Gasteiger charge is 2.24. The van der Waals surface area contributed by atoms with Crippen molar-refractivity contribution in [1.82, 2.24) is 0 Å². The van der Waals surface area contributed by atoms with Crippen LogP contribution in [0.25, 0.3) is 11.1 Å². The van der Waals surface area contributed by atoms with Gasteiger partial charge in [-0.15, -0.1) is 0 Å². The molecule has 0 radical (unpaired) electrons. The van der Waals surface area contributed by atoms with Crippen LogP contribution in [0.5, 0.6) is 0 Å². The van der Waals surface area contributed by atoms with Crippen molar-refractivity contribution in [2.24, 2.45) is 0 Å². The predicted octanol–water partition coefficient (Wildman–Crippen LogP) is 4.99. The Morgan fingerprint density at radius 1 is 0.571 bits per heavy atom. The smallest absolute Gasteiger partial charge is 0.0686 e. The fourth-order valence-corrected chi connectivity index (χ4v) is 3.89. The van der Waals surface area contributed by atoms with Crippen LogP contribution < -0.4 is 16.4 Å².